The Morgan fingerprint density at radius 2 is 1.85 bits per heavy atom. The third kappa shape index (κ3) is 5.17. The molecular weight excluding hydrogens is 377 g/mol. The van der Waals surface area contributed by atoms with Crippen molar-refractivity contribution in [3.8, 4) is 0 Å². The molecule has 3 heterocycles. The van der Waals surface area contributed by atoms with Crippen molar-refractivity contribution < 1.29 is 13.2 Å². The van der Waals surface area contributed by atoms with Crippen LogP contribution in [0.25, 0.3) is 0 Å². The van der Waals surface area contributed by atoms with Crippen LogP contribution in [0.3, 0.4) is 0 Å². The first kappa shape index (κ1) is 19.1. The Balaban J connectivity index is 1.86. The lowest BCUT2D eigenvalue weighted by molar-refractivity contribution is -0.137. The fourth-order valence-electron chi connectivity index (χ4n) is 2.59. The predicted octanol–water partition coefficient (Wildman–Crippen LogP) is 4.79. The molecule has 4 nitrogen and oxygen atoms in total. The van der Waals surface area contributed by atoms with Crippen LogP contribution in [0.15, 0.2) is 61.2 Å². The number of hydrogen-bond acceptors (Lipinski definition) is 4. The quantitative estimate of drug-likeness (QED) is 0.604. The third-order valence-electron chi connectivity index (χ3n) is 3.91. The summed E-state index contributed by atoms with van der Waals surface area (Å²) in [6.07, 6.45) is 1.97. The van der Waals surface area contributed by atoms with Crippen molar-refractivity contribution in [2.75, 3.05) is 11.4 Å². The molecule has 0 spiro atoms. The zero-order valence-electron chi connectivity index (χ0n) is 14.2. The van der Waals surface area contributed by atoms with Crippen LogP contribution in [-0.2, 0) is 19.1 Å². The predicted molar refractivity (Wildman–Crippen MR) is 97.5 cm³/mol. The number of rotatable bonds is 6. The standard InChI is InChI=1S/C19H16ClF3N4/c20-17-10-15(19(21,22)23)12-26-18(17)27(13-14-4-3-7-24-11-14)9-6-16-5-1-2-8-25-16/h1-5,7-8,10-12H,6,9,13H2. The molecule has 0 aliphatic rings. The Bertz CT molecular complexity index is 873. The highest BCUT2D eigenvalue weighted by Crippen LogP contribution is 2.34. The van der Waals surface area contributed by atoms with E-state index in [0.717, 1.165) is 23.5 Å². The maximum atomic E-state index is 12.9. The maximum Gasteiger partial charge on any atom is 0.417 e. The van der Waals surface area contributed by atoms with Gasteiger partial charge in [-0.05, 0) is 29.8 Å². The second kappa shape index (κ2) is 8.35. The van der Waals surface area contributed by atoms with Gasteiger partial charge < -0.3 is 4.90 Å². The van der Waals surface area contributed by atoms with E-state index in [-0.39, 0.29) is 5.02 Å². The first-order chi connectivity index (χ1) is 12.9. The van der Waals surface area contributed by atoms with Crippen LogP contribution in [0.4, 0.5) is 19.0 Å². The van der Waals surface area contributed by atoms with Crippen molar-refractivity contribution in [2.45, 2.75) is 19.1 Å². The Labute approximate surface area is 159 Å². The molecule has 27 heavy (non-hydrogen) atoms. The highest BCUT2D eigenvalue weighted by molar-refractivity contribution is 6.33. The number of halogens is 4. The highest BCUT2D eigenvalue weighted by Gasteiger charge is 2.32. The SMILES string of the molecule is FC(F)(F)c1cnc(N(CCc2ccccn2)Cc2cccnc2)c(Cl)c1. The van der Waals surface area contributed by atoms with Gasteiger partial charge in [0, 0.05) is 50.0 Å². The summed E-state index contributed by atoms with van der Waals surface area (Å²) < 4.78 is 38.7. The molecule has 3 rings (SSSR count). The van der Waals surface area contributed by atoms with E-state index >= 15 is 0 Å². The average Bonchev–Trinajstić information content (AvgIpc) is 2.66. The molecule has 0 aromatic carbocycles. The third-order valence-corrected chi connectivity index (χ3v) is 4.19. The van der Waals surface area contributed by atoms with Crippen LogP contribution in [0.2, 0.25) is 5.02 Å². The Morgan fingerprint density at radius 1 is 1.00 bits per heavy atom. The molecule has 0 N–H and O–H groups in total. The van der Waals surface area contributed by atoms with Crippen LogP contribution in [0, 0.1) is 0 Å². The van der Waals surface area contributed by atoms with Crippen molar-refractivity contribution >= 4 is 17.4 Å². The van der Waals surface area contributed by atoms with Gasteiger partial charge in [-0.3, -0.25) is 9.97 Å². The van der Waals surface area contributed by atoms with Gasteiger partial charge in [-0.1, -0.05) is 23.7 Å². The van der Waals surface area contributed by atoms with E-state index in [4.69, 9.17) is 11.6 Å². The Morgan fingerprint density at radius 3 is 2.48 bits per heavy atom. The zero-order valence-corrected chi connectivity index (χ0v) is 15.0. The minimum atomic E-state index is -4.49. The van der Waals surface area contributed by atoms with Crippen LogP contribution in [0.5, 0.6) is 0 Å². The van der Waals surface area contributed by atoms with Gasteiger partial charge in [0.25, 0.3) is 0 Å². The topological polar surface area (TPSA) is 41.9 Å². The lowest BCUT2D eigenvalue weighted by Crippen LogP contribution is -2.27. The average molecular weight is 393 g/mol. The van der Waals surface area contributed by atoms with E-state index in [1.54, 1.807) is 24.7 Å². The Hall–Kier alpha value is -2.67. The van der Waals surface area contributed by atoms with Crippen LogP contribution in [-0.4, -0.2) is 21.5 Å². The first-order valence-electron chi connectivity index (χ1n) is 8.20. The minimum Gasteiger partial charge on any atom is -0.351 e. The first-order valence-corrected chi connectivity index (χ1v) is 8.58. The molecule has 0 saturated heterocycles. The van der Waals surface area contributed by atoms with E-state index in [2.05, 4.69) is 15.0 Å². The Kier molecular flexibility index (Phi) is 5.91. The summed E-state index contributed by atoms with van der Waals surface area (Å²) in [6.45, 7) is 0.906. The van der Waals surface area contributed by atoms with Crippen LogP contribution < -0.4 is 4.90 Å². The molecule has 0 fully saturated rings. The van der Waals surface area contributed by atoms with Crippen molar-refractivity contribution in [3.63, 3.8) is 0 Å². The van der Waals surface area contributed by atoms with Gasteiger partial charge in [-0.15, -0.1) is 0 Å². The van der Waals surface area contributed by atoms with Gasteiger partial charge >= 0.3 is 6.18 Å². The summed E-state index contributed by atoms with van der Waals surface area (Å²) in [6, 6.07) is 10.2. The summed E-state index contributed by atoms with van der Waals surface area (Å²) >= 11 is 6.14. The zero-order chi connectivity index (χ0) is 19.3. The lowest BCUT2D eigenvalue weighted by atomic mass is 10.2. The molecule has 8 heteroatoms. The van der Waals surface area contributed by atoms with Crippen molar-refractivity contribution in [1.29, 1.82) is 0 Å². The molecular formula is C19H16ClF3N4. The maximum absolute atomic E-state index is 12.9. The number of pyridine rings is 3. The summed E-state index contributed by atoms with van der Waals surface area (Å²) in [7, 11) is 0. The molecule has 0 aliphatic heterocycles. The van der Waals surface area contributed by atoms with Crippen molar-refractivity contribution in [3.05, 3.63) is 83.0 Å². The van der Waals surface area contributed by atoms with Gasteiger partial charge in [0.2, 0.25) is 0 Å². The van der Waals surface area contributed by atoms with E-state index in [0.29, 0.717) is 25.3 Å². The summed E-state index contributed by atoms with van der Waals surface area (Å²) in [4.78, 5) is 14.2. The number of anilines is 1. The summed E-state index contributed by atoms with van der Waals surface area (Å²) in [5, 5.41) is -0.0465. The van der Waals surface area contributed by atoms with E-state index in [1.165, 1.54) is 0 Å². The fraction of sp³-hybridized carbons (Fsp3) is 0.211. The van der Waals surface area contributed by atoms with Crippen LogP contribution >= 0.6 is 11.6 Å². The molecule has 0 bridgehead atoms. The minimum absolute atomic E-state index is 0.0465. The van der Waals surface area contributed by atoms with Gasteiger partial charge in [0.1, 0.15) is 5.82 Å². The number of hydrogen-bond donors (Lipinski definition) is 0. The van der Waals surface area contributed by atoms with Gasteiger partial charge in [-0.2, -0.15) is 13.2 Å². The summed E-state index contributed by atoms with van der Waals surface area (Å²) in [5.41, 5.74) is 0.898. The molecule has 3 aromatic heterocycles. The molecule has 0 atom stereocenters. The van der Waals surface area contributed by atoms with E-state index < -0.39 is 11.7 Å². The highest BCUT2D eigenvalue weighted by atomic mass is 35.5. The molecule has 140 valence electrons. The molecule has 0 radical (unpaired) electrons. The second-order valence-corrected chi connectivity index (χ2v) is 6.29. The second-order valence-electron chi connectivity index (χ2n) is 5.88. The molecule has 3 aromatic rings. The molecule has 0 amide bonds. The molecule has 0 unspecified atom stereocenters. The van der Waals surface area contributed by atoms with Gasteiger partial charge in [0.05, 0.1) is 10.6 Å². The molecule has 0 aliphatic carbocycles. The summed E-state index contributed by atoms with van der Waals surface area (Å²) in [5.74, 6) is 0.296. The number of nitrogens with zero attached hydrogens (tertiary/aromatic N) is 4. The monoisotopic (exact) mass is 392 g/mol. The van der Waals surface area contributed by atoms with Gasteiger partial charge in [-0.25, -0.2) is 4.98 Å². The number of aromatic nitrogens is 3. The lowest BCUT2D eigenvalue weighted by Gasteiger charge is -2.25. The van der Waals surface area contributed by atoms with E-state index in [9.17, 15) is 13.2 Å². The van der Waals surface area contributed by atoms with Gasteiger partial charge in [0.15, 0.2) is 0 Å². The van der Waals surface area contributed by atoms with Crippen molar-refractivity contribution in [1.82, 2.24) is 15.0 Å². The number of alkyl halides is 3. The molecule has 0 saturated carbocycles. The normalized spacial score (nSPS) is 11.4. The largest absolute Gasteiger partial charge is 0.417 e. The van der Waals surface area contributed by atoms with E-state index in [1.807, 2.05) is 29.2 Å². The van der Waals surface area contributed by atoms with Crippen molar-refractivity contribution in [2.24, 2.45) is 0 Å². The smallest absolute Gasteiger partial charge is 0.351 e. The van der Waals surface area contributed by atoms with Crippen LogP contribution in [0.1, 0.15) is 16.8 Å². The fourth-order valence-corrected chi connectivity index (χ4v) is 2.87.